The molecule has 1 rings (SSSR count). The number of rotatable bonds is 8. The van der Waals surface area contributed by atoms with Gasteiger partial charge in [-0.15, -0.1) is 11.6 Å². The largest absolute Gasteiger partial charge is 0.497 e. The van der Waals surface area contributed by atoms with E-state index in [0.29, 0.717) is 26.1 Å². The lowest BCUT2D eigenvalue weighted by molar-refractivity contribution is -0.129. The minimum atomic E-state index is -0.529. The molecule has 0 aliphatic carbocycles. The van der Waals surface area contributed by atoms with Crippen LogP contribution in [0.15, 0.2) is 24.3 Å². The van der Waals surface area contributed by atoms with Crippen molar-refractivity contribution in [3.05, 3.63) is 29.8 Å². The maximum Gasteiger partial charge on any atom is 0.407 e. The van der Waals surface area contributed by atoms with Crippen LogP contribution in [0.5, 0.6) is 5.75 Å². The van der Waals surface area contributed by atoms with Gasteiger partial charge in [0.05, 0.1) is 7.11 Å². The first-order valence-corrected chi connectivity index (χ1v) is 8.72. The molecule has 0 fully saturated rings. The first kappa shape index (κ1) is 21.1. The molecule has 0 aliphatic heterocycles. The fraction of sp³-hybridized carbons (Fsp3) is 0.556. The highest BCUT2D eigenvalue weighted by Crippen LogP contribution is 2.13. The van der Waals surface area contributed by atoms with Crippen LogP contribution in [0, 0.1) is 0 Å². The zero-order valence-electron chi connectivity index (χ0n) is 15.3. The van der Waals surface area contributed by atoms with Gasteiger partial charge in [-0.25, -0.2) is 4.79 Å². The maximum atomic E-state index is 12.0. The van der Waals surface area contributed by atoms with Gasteiger partial charge < -0.3 is 19.7 Å². The second-order valence-corrected chi connectivity index (χ2v) is 6.85. The Balaban J connectivity index is 2.48. The van der Waals surface area contributed by atoms with Crippen molar-refractivity contribution in [3.8, 4) is 5.75 Å². The van der Waals surface area contributed by atoms with Gasteiger partial charge in [0.1, 0.15) is 17.2 Å². The zero-order valence-corrected chi connectivity index (χ0v) is 16.1. The van der Waals surface area contributed by atoms with Crippen LogP contribution in [0.3, 0.4) is 0 Å². The van der Waals surface area contributed by atoms with E-state index in [1.54, 1.807) is 12.0 Å². The second-order valence-electron chi connectivity index (χ2n) is 6.58. The molecule has 2 amide bonds. The lowest BCUT2D eigenvalue weighted by Crippen LogP contribution is -2.36. The highest BCUT2D eigenvalue weighted by Gasteiger charge is 2.16. The van der Waals surface area contributed by atoms with Crippen molar-refractivity contribution in [1.29, 1.82) is 0 Å². The molecule has 0 radical (unpaired) electrons. The topological polar surface area (TPSA) is 67.9 Å². The Hall–Kier alpha value is -1.95. The zero-order chi connectivity index (χ0) is 18.9. The maximum absolute atomic E-state index is 12.0. The molecule has 0 atom stereocenters. The summed E-state index contributed by atoms with van der Waals surface area (Å²) < 4.78 is 10.3. The monoisotopic (exact) mass is 370 g/mol. The molecule has 0 aromatic heterocycles. The number of methoxy groups -OCH3 is 1. The van der Waals surface area contributed by atoms with Crippen LogP contribution >= 0.6 is 11.6 Å². The van der Waals surface area contributed by atoms with Gasteiger partial charge in [0.25, 0.3) is 0 Å². The molecule has 1 N–H and O–H groups in total. The van der Waals surface area contributed by atoms with E-state index in [9.17, 15) is 9.59 Å². The molecule has 140 valence electrons. The number of nitrogens with zero attached hydrogens (tertiary/aromatic N) is 1. The molecule has 0 aliphatic rings. The van der Waals surface area contributed by atoms with E-state index in [1.807, 2.05) is 45.0 Å². The smallest absolute Gasteiger partial charge is 0.407 e. The summed E-state index contributed by atoms with van der Waals surface area (Å²) in [5, 5.41) is 2.68. The van der Waals surface area contributed by atoms with Crippen molar-refractivity contribution >= 4 is 23.6 Å². The van der Waals surface area contributed by atoms with Gasteiger partial charge in [-0.1, -0.05) is 12.1 Å². The van der Waals surface area contributed by atoms with Gasteiger partial charge in [-0.3, -0.25) is 4.79 Å². The molecule has 0 saturated carbocycles. The number of ether oxygens (including phenoxy) is 2. The number of amides is 2. The number of carbonyl (C=O) groups excluding carboxylic acids is 2. The van der Waals surface area contributed by atoms with Crippen LogP contribution in [0.4, 0.5) is 4.79 Å². The summed E-state index contributed by atoms with van der Waals surface area (Å²) in [4.78, 5) is 25.3. The molecule has 6 nitrogen and oxygen atoms in total. The summed E-state index contributed by atoms with van der Waals surface area (Å²) in [5.41, 5.74) is 0.457. The van der Waals surface area contributed by atoms with Crippen molar-refractivity contribution in [2.24, 2.45) is 0 Å². The lowest BCUT2D eigenvalue weighted by atomic mass is 10.2. The minimum Gasteiger partial charge on any atom is -0.497 e. The summed E-state index contributed by atoms with van der Waals surface area (Å²) in [6.45, 7) is 6.80. The molecule has 0 bridgehead atoms. The first-order chi connectivity index (χ1) is 11.7. The van der Waals surface area contributed by atoms with Crippen LogP contribution in [-0.4, -0.2) is 48.6 Å². The van der Waals surface area contributed by atoms with Crippen molar-refractivity contribution in [2.45, 2.75) is 39.3 Å². The molecule has 0 saturated heterocycles. The molecule has 0 heterocycles. The van der Waals surface area contributed by atoms with Gasteiger partial charge in [-0.2, -0.15) is 0 Å². The quantitative estimate of drug-likeness (QED) is 0.563. The van der Waals surface area contributed by atoms with Crippen LogP contribution < -0.4 is 10.1 Å². The number of nitrogens with one attached hydrogen (secondary N) is 1. The Labute approximate surface area is 154 Å². The van der Waals surface area contributed by atoms with Crippen molar-refractivity contribution in [3.63, 3.8) is 0 Å². The number of benzene rings is 1. The molecular weight excluding hydrogens is 344 g/mol. The van der Waals surface area contributed by atoms with E-state index in [4.69, 9.17) is 21.1 Å². The highest BCUT2D eigenvalue weighted by atomic mass is 35.5. The van der Waals surface area contributed by atoms with Gasteiger partial charge in [0.15, 0.2) is 0 Å². The Bertz CT molecular complexity index is 555. The van der Waals surface area contributed by atoms with Crippen LogP contribution in [-0.2, 0) is 16.1 Å². The van der Waals surface area contributed by atoms with Gasteiger partial charge >= 0.3 is 6.09 Å². The molecule has 1 aromatic rings. The van der Waals surface area contributed by atoms with E-state index >= 15 is 0 Å². The number of alkyl halides is 1. The van der Waals surface area contributed by atoms with E-state index in [1.165, 1.54) is 0 Å². The standard InChI is InChI=1S/C18H27ClN2O4/c1-18(2,3)25-17(23)20-10-5-11-21(16(22)12-19)13-14-6-8-15(24-4)9-7-14/h6-9H,5,10-13H2,1-4H3,(H,20,23). The Morgan fingerprint density at radius 2 is 1.84 bits per heavy atom. The van der Waals surface area contributed by atoms with Crippen molar-refractivity contribution < 1.29 is 19.1 Å². The molecule has 1 aromatic carbocycles. The summed E-state index contributed by atoms with van der Waals surface area (Å²) in [7, 11) is 1.61. The average Bonchev–Trinajstić information content (AvgIpc) is 2.55. The molecule has 25 heavy (non-hydrogen) atoms. The number of hydrogen-bond donors (Lipinski definition) is 1. The predicted molar refractivity (Wildman–Crippen MR) is 98.0 cm³/mol. The van der Waals surface area contributed by atoms with E-state index in [2.05, 4.69) is 5.32 Å². The third-order valence-electron chi connectivity index (χ3n) is 3.27. The second kappa shape index (κ2) is 10.1. The summed E-state index contributed by atoms with van der Waals surface area (Å²) >= 11 is 5.70. The van der Waals surface area contributed by atoms with Crippen LogP contribution in [0.2, 0.25) is 0 Å². The third kappa shape index (κ3) is 8.63. The Kier molecular flexibility index (Phi) is 8.55. The van der Waals surface area contributed by atoms with Gasteiger partial charge in [-0.05, 0) is 44.9 Å². The summed E-state index contributed by atoms with van der Waals surface area (Å²) in [6.07, 6.45) is 0.149. The molecular formula is C18H27ClN2O4. The Morgan fingerprint density at radius 3 is 2.36 bits per heavy atom. The van der Waals surface area contributed by atoms with E-state index in [0.717, 1.165) is 11.3 Å². The summed E-state index contributed by atoms with van der Waals surface area (Å²) in [5.74, 6) is 0.547. The van der Waals surface area contributed by atoms with Gasteiger partial charge in [0, 0.05) is 19.6 Å². The third-order valence-corrected chi connectivity index (χ3v) is 3.50. The molecule has 0 spiro atoms. The number of alkyl carbamates (subject to hydrolysis) is 1. The van der Waals surface area contributed by atoms with Crippen molar-refractivity contribution in [1.82, 2.24) is 10.2 Å². The summed E-state index contributed by atoms with van der Waals surface area (Å²) in [6, 6.07) is 7.52. The minimum absolute atomic E-state index is 0.0738. The van der Waals surface area contributed by atoms with Crippen LogP contribution in [0.25, 0.3) is 0 Å². The first-order valence-electron chi connectivity index (χ1n) is 8.18. The van der Waals surface area contributed by atoms with Crippen molar-refractivity contribution in [2.75, 3.05) is 26.1 Å². The van der Waals surface area contributed by atoms with E-state index in [-0.39, 0.29) is 11.8 Å². The molecule has 0 unspecified atom stereocenters. The molecule has 7 heteroatoms. The SMILES string of the molecule is COc1ccc(CN(CCCNC(=O)OC(C)(C)C)C(=O)CCl)cc1. The fourth-order valence-corrected chi connectivity index (χ4v) is 2.27. The predicted octanol–water partition coefficient (Wildman–Crippen LogP) is 3.18. The average molecular weight is 371 g/mol. The Morgan fingerprint density at radius 1 is 1.20 bits per heavy atom. The normalized spacial score (nSPS) is 10.9. The number of halogens is 1. The van der Waals surface area contributed by atoms with E-state index < -0.39 is 11.7 Å². The highest BCUT2D eigenvalue weighted by molar-refractivity contribution is 6.27. The lowest BCUT2D eigenvalue weighted by Gasteiger charge is -2.23. The fourth-order valence-electron chi connectivity index (χ4n) is 2.10. The number of hydrogen-bond acceptors (Lipinski definition) is 4. The number of carbonyl (C=O) groups is 2. The van der Waals surface area contributed by atoms with Gasteiger partial charge in [0.2, 0.25) is 5.91 Å². The van der Waals surface area contributed by atoms with Crippen LogP contribution in [0.1, 0.15) is 32.8 Å².